The van der Waals surface area contributed by atoms with Crippen molar-refractivity contribution in [2.24, 2.45) is 0 Å². The fourth-order valence-corrected chi connectivity index (χ4v) is 1.99. The van der Waals surface area contributed by atoms with E-state index in [1.807, 2.05) is 17.7 Å². The van der Waals surface area contributed by atoms with Crippen LogP contribution in [0.25, 0.3) is 0 Å². The number of nitro groups is 1. The van der Waals surface area contributed by atoms with Crippen LogP contribution in [0.2, 0.25) is 5.02 Å². The predicted molar refractivity (Wildman–Crippen MR) is 68.8 cm³/mol. The van der Waals surface area contributed by atoms with Gasteiger partial charge in [0.1, 0.15) is 5.82 Å². The second-order valence-corrected chi connectivity index (χ2v) is 4.29. The van der Waals surface area contributed by atoms with Crippen LogP contribution in [-0.2, 0) is 13.0 Å². The molecule has 0 N–H and O–H groups in total. The number of benzene rings is 1. The van der Waals surface area contributed by atoms with E-state index < -0.39 is 4.92 Å². The molecule has 94 valence electrons. The number of rotatable bonds is 4. The summed E-state index contributed by atoms with van der Waals surface area (Å²) in [6.07, 6.45) is 4.30. The van der Waals surface area contributed by atoms with Crippen LogP contribution < -0.4 is 0 Å². The number of imidazole rings is 1. The minimum atomic E-state index is -0.413. The summed E-state index contributed by atoms with van der Waals surface area (Å²) in [4.78, 5) is 14.8. The zero-order chi connectivity index (χ0) is 13.1. The fraction of sp³-hybridized carbons (Fsp3) is 0.250. The average Bonchev–Trinajstić information content (AvgIpc) is 2.78. The first-order valence-electron chi connectivity index (χ1n) is 5.54. The summed E-state index contributed by atoms with van der Waals surface area (Å²) < 4.78 is 1.90. The zero-order valence-electron chi connectivity index (χ0n) is 9.84. The predicted octanol–water partition coefficient (Wildman–Crippen LogP) is 3.06. The lowest BCUT2D eigenvalue weighted by Crippen LogP contribution is -2.05. The SMILES string of the molecule is CCc1nccn1Cc1ccc(Cl)cc1[N+](=O)[O-]. The molecule has 1 aromatic heterocycles. The Labute approximate surface area is 109 Å². The van der Waals surface area contributed by atoms with Gasteiger partial charge in [-0.3, -0.25) is 10.1 Å². The van der Waals surface area contributed by atoms with Crippen molar-refractivity contribution < 1.29 is 4.92 Å². The van der Waals surface area contributed by atoms with E-state index in [0.717, 1.165) is 12.2 Å². The molecule has 0 amide bonds. The van der Waals surface area contributed by atoms with Gasteiger partial charge in [-0.05, 0) is 12.1 Å². The maximum Gasteiger partial charge on any atom is 0.275 e. The monoisotopic (exact) mass is 265 g/mol. The average molecular weight is 266 g/mol. The van der Waals surface area contributed by atoms with Gasteiger partial charge in [0.15, 0.2) is 0 Å². The molecule has 1 heterocycles. The second-order valence-electron chi connectivity index (χ2n) is 3.86. The van der Waals surface area contributed by atoms with E-state index >= 15 is 0 Å². The number of aryl methyl sites for hydroxylation is 1. The van der Waals surface area contributed by atoms with Gasteiger partial charge in [0.25, 0.3) is 5.69 Å². The van der Waals surface area contributed by atoms with Crippen molar-refractivity contribution in [3.8, 4) is 0 Å². The molecule has 0 bridgehead atoms. The Morgan fingerprint density at radius 1 is 1.50 bits per heavy atom. The first kappa shape index (κ1) is 12.6. The van der Waals surface area contributed by atoms with E-state index in [9.17, 15) is 10.1 Å². The van der Waals surface area contributed by atoms with Gasteiger partial charge in [-0.15, -0.1) is 0 Å². The van der Waals surface area contributed by atoms with Crippen LogP contribution in [0, 0.1) is 10.1 Å². The molecule has 6 heteroatoms. The Kier molecular flexibility index (Phi) is 3.62. The Morgan fingerprint density at radius 3 is 2.94 bits per heavy atom. The van der Waals surface area contributed by atoms with Crippen molar-refractivity contribution in [1.82, 2.24) is 9.55 Å². The van der Waals surface area contributed by atoms with E-state index in [2.05, 4.69) is 4.98 Å². The van der Waals surface area contributed by atoms with Gasteiger partial charge in [0.2, 0.25) is 0 Å². The number of hydrogen-bond acceptors (Lipinski definition) is 3. The summed E-state index contributed by atoms with van der Waals surface area (Å²) in [6.45, 7) is 2.42. The number of nitro benzene ring substituents is 1. The van der Waals surface area contributed by atoms with Crippen LogP contribution in [0.1, 0.15) is 18.3 Å². The summed E-state index contributed by atoms with van der Waals surface area (Å²) in [5.41, 5.74) is 0.662. The third kappa shape index (κ3) is 2.51. The number of halogens is 1. The first-order valence-corrected chi connectivity index (χ1v) is 5.92. The molecular formula is C12H12ClN3O2. The summed E-state index contributed by atoms with van der Waals surface area (Å²) in [5, 5.41) is 11.3. The lowest BCUT2D eigenvalue weighted by Gasteiger charge is -2.07. The topological polar surface area (TPSA) is 61.0 Å². The van der Waals surface area contributed by atoms with E-state index in [1.165, 1.54) is 6.07 Å². The maximum atomic E-state index is 11.0. The van der Waals surface area contributed by atoms with Crippen LogP contribution in [0.5, 0.6) is 0 Å². The van der Waals surface area contributed by atoms with E-state index in [1.54, 1.807) is 18.3 Å². The molecule has 5 nitrogen and oxygen atoms in total. The Bertz CT molecular complexity index is 580. The third-order valence-corrected chi connectivity index (χ3v) is 2.94. The normalized spacial score (nSPS) is 10.6. The largest absolute Gasteiger partial charge is 0.330 e. The van der Waals surface area contributed by atoms with Gasteiger partial charge in [-0.1, -0.05) is 18.5 Å². The molecule has 0 saturated carbocycles. The molecule has 0 aliphatic carbocycles. The molecule has 18 heavy (non-hydrogen) atoms. The van der Waals surface area contributed by atoms with Crippen LogP contribution in [0.4, 0.5) is 5.69 Å². The zero-order valence-corrected chi connectivity index (χ0v) is 10.6. The highest BCUT2D eigenvalue weighted by molar-refractivity contribution is 6.30. The number of aromatic nitrogens is 2. The van der Waals surface area contributed by atoms with Gasteiger partial charge >= 0.3 is 0 Å². The van der Waals surface area contributed by atoms with Crippen LogP contribution >= 0.6 is 11.6 Å². The summed E-state index contributed by atoms with van der Waals surface area (Å²) in [5.74, 6) is 0.902. The maximum absolute atomic E-state index is 11.0. The minimum Gasteiger partial charge on any atom is -0.330 e. The molecule has 0 aliphatic heterocycles. The highest BCUT2D eigenvalue weighted by Crippen LogP contribution is 2.24. The Hall–Kier alpha value is -1.88. The molecule has 0 saturated heterocycles. The highest BCUT2D eigenvalue weighted by atomic mass is 35.5. The smallest absolute Gasteiger partial charge is 0.275 e. The molecular weight excluding hydrogens is 254 g/mol. The van der Waals surface area contributed by atoms with Crippen molar-refractivity contribution in [1.29, 1.82) is 0 Å². The van der Waals surface area contributed by atoms with Crippen molar-refractivity contribution >= 4 is 17.3 Å². The van der Waals surface area contributed by atoms with Crippen LogP contribution in [-0.4, -0.2) is 14.5 Å². The molecule has 0 fully saturated rings. The molecule has 0 aliphatic rings. The molecule has 0 atom stereocenters. The van der Waals surface area contributed by atoms with Crippen molar-refractivity contribution in [2.45, 2.75) is 19.9 Å². The summed E-state index contributed by atoms with van der Waals surface area (Å²) in [6, 6.07) is 4.71. The van der Waals surface area contributed by atoms with Crippen molar-refractivity contribution in [3.05, 3.63) is 57.1 Å². The molecule has 0 unspecified atom stereocenters. The molecule has 0 spiro atoms. The lowest BCUT2D eigenvalue weighted by molar-refractivity contribution is -0.385. The van der Waals surface area contributed by atoms with Gasteiger partial charge in [0.05, 0.1) is 11.5 Å². The van der Waals surface area contributed by atoms with E-state index in [4.69, 9.17) is 11.6 Å². The van der Waals surface area contributed by atoms with Crippen molar-refractivity contribution in [2.75, 3.05) is 0 Å². The third-order valence-electron chi connectivity index (χ3n) is 2.70. The molecule has 2 aromatic rings. The Balaban J connectivity index is 2.37. The fourth-order valence-electron chi connectivity index (χ4n) is 1.82. The molecule has 1 aromatic carbocycles. The molecule has 2 rings (SSSR count). The number of hydrogen-bond donors (Lipinski definition) is 0. The van der Waals surface area contributed by atoms with Gasteiger partial charge in [-0.2, -0.15) is 0 Å². The highest BCUT2D eigenvalue weighted by Gasteiger charge is 2.15. The standard InChI is InChI=1S/C12H12ClN3O2/c1-2-12-14-5-6-15(12)8-9-3-4-10(13)7-11(9)16(17)18/h3-7H,2,8H2,1H3. The lowest BCUT2D eigenvalue weighted by atomic mass is 10.2. The van der Waals surface area contributed by atoms with Crippen LogP contribution in [0.3, 0.4) is 0 Å². The van der Waals surface area contributed by atoms with E-state index in [-0.39, 0.29) is 5.69 Å². The van der Waals surface area contributed by atoms with Gasteiger partial charge in [0, 0.05) is 35.5 Å². The summed E-state index contributed by atoms with van der Waals surface area (Å²) in [7, 11) is 0. The summed E-state index contributed by atoms with van der Waals surface area (Å²) >= 11 is 5.78. The molecule has 0 radical (unpaired) electrons. The van der Waals surface area contributed by atoms with Crippen molar-refractivity contribution in [3.63, 3.8) is 0 Å². The number of nitrogens with zero attached hydrogens (tertiary/aromatic N) is 3. The van der Waals surface area contributed by atoms with Gasteiger partial charge < -0.3 is 4.57 Å². The Morgan fingerprint density at radius 2 is 2.28 bits per heavy atom. The second kappa shape index (κ2) is 5.18. The minimum absolute atomic E-state index is 0.0400. The first-order chi connectivity index (χ1) is 8.61. The quantitative estimate of drug-likeness (QED) is 0.630. The van der Waals surface area contributed by atoms with E-state index in [0.29, 0.717) is 17.1 Å². The van der Waals surface area contributed by atoms with Crippen LogP contribution in [0.15, 0.2) is 30.6 Å². The van der Waals surface area contributed by atoms with Gasteiger partial charge in [-0.25, -0.2) is 4.98 Å².